The molecule has 4 rings (SSSR count). The fraction of sp³-hybridized carbons (Fsp3) is 0.263. The van der Waals surface area contributed by atoms with Gasteiger partial charge in [0.2, 0.25) is 5.91 Å². The van der Waals surface area contributed by atoms with Gasteiger partial charge < -0.3 is 25.2 Å². The van der Waals surface area contributed by atoms with Gasteiger partial charge >= 0.3 is 11.9 Å². The van der Waals surface area contributed by atoms with Crippen molar-refractivity contribution in [2.24, 2.45) is 0 Å². The van der Waals surface area contributed by atoms with Crippen molar-refractivity contribution < 1.29 is 42.5 Å². The highest BCUT2D eigenvalue weighted by molar-refractivity contribution is 5.98. The molecule has 49 heavy (non-hydrogen) atoms. The van der Waals surface area contributed by atoms with Crippen molar-refractivity contribution in [3.05, 3.63) is 125 Å². The predicted octanol–water partition coefficient (Wildman–Crippen LogP) is 7.14. The SMILES string of the molecule is CCCCCCCOc1ccc(C(=O)Oc2ccc(CC(NC(=O)c3ccc(NC(=O)Cc4cc(F)ccc4F)cc3)C(=O)O)cc2)cc1. The first-order valence-electron chi connectivity index (χ1n) is 16.0. The second-order valence-corrected chi connectivity index (χ2v) is 11.4. The van der Waals surface area contributed by atoms with Gasteiger partial charge in [-0.15, -0.1) is 0 Å². The number of halogens is 2. The van der Waals surface area contributed by atoms with E-state index in [1.54, 1.807) is 48.5 Å². The lowest BCUT2D eigenvalue weighted by atomic mass is 10.0. The zero-order valence-electron chi connectivity index (χ0n) is 27.0. The molecule has 0 aliphatic carbocycles. The number of carbonyl (C=O) groups is 4. The van der Waals surface area contributed by atoms with Crippen LogP contribution in [0.15, 0.2) is 91.0 Å². The zero-order chi connectivity index (χ0) is 35.2. The Labute approximate surface area is 283 Å². The summed E-state index contributed by atoms with van der Waals surface area (Å²) in [7, 11) is 0. The van der Waals surface area contributed by atoms with E-state index in [4.69, 9.17) is 9.47 Å². The number of anilines is 1. The van der Waals surface area contributed by atoms with Gasteiger partial charge in [0, 0.05) is 23.2 Å². The third kappa shape index (κ3) is 11.6. The standard InChI is InChI=1S/C38H38F2N2O7/c1-2-3-4-5-6-21-48-31-18-11-27(12-19-31)38(47)49-32-16-7-25(8-17-32)22-34(37(45)46)42-36(44)26-9-14-30(15-10-26)41-35(43)24-28-23-29(39)13-20-33(28)40/h7-20,23,34H,2-6,21-22,24H2,1H3,(H,41,43)(H,42,44)(H,45,46). The maximum Gasteiger partial charge on any atom is 0.343 e. The molecule has 256 valence electrons. The van der Waals surface area contributed by atoms with Gasteiger partial charge in [-0.3, -0.25) is 9.59 Å². The largest absolute Gasteiger partial charge is 0.494 e. The normalized spacial score (nSPS) is 11.3. The summed E-state index contributed by atoms with van der Waals surface area (Å²) in [4.78, 5) is 49.7. The van der Waals surface area contributed by atoms with Crippen LogP contribution in [0.2, 0.25) is 0 Å². The third-order valence-corrected chi connectivity index (χ3v) is 7.57. The topological polar surface area (TPSA) is 131 Å². The van der Waals surface area contributed by atoms with Crippen molar-refractivity contribution in [1.29, 1.82) is 0 Å². The average molecular weight is 673 g/mol. The van der Waals surface area contributed by atoms with Crippen LogP contribution >= 0.6 is 0 Å². The van der Waals surface area contributed by atoms with Crippen molar-refractivity contribution in [1.82, 2.24) is 5.32 Å². The molecule has 1 atom stereocenters. The van der Waals surface area contributed by atoms with Crippen LogP contribution in [-0.2, 0) is 22.4 Å². The number of amides is 2. The second kappa shape index (κ2) is 18.1. The minimum atomic E-state index is -1.27. The Kier molecular flexibility index (Phi) is 13.4. The average Bonchev–Trinajstić information content (AvgIpc) is 3.09. The highest BCUT2D eigenvalue weighted by Gasteiger charge is 2.22. The van der Waals surface area contributed by atoms with Gasteiger partial charge in [-0.1, -0.05) is 44.7 Å². The quantitative estimate of drug-likeness (QED) is 0.0618. The number of esters is 1. The number of carboxylic acids is 1. The fourth-order valence-corrected chi connectivity index (χ4v) is 4.88. The molecule has 3 N–H and O–H groups in total. The highest BCUT2D eigenvalue weighted by Crippen LogP contribution is 2.19. The molecule has 4 aromatic rings. The van der Waals surface area contributed by atoms with Crippen molar-refractivity contribution in [2.75, 3.05) is 11.9 Å². The molecule has 0 aliphatic heterocycles. The van der Waals surface area contributed by atoms with Crippen LogP contribution in [0.1, 0.15) is 70.9 Å². The number of unbranched alkanes of at least 4 members (excludes halogenated alkanes) is 4. The lowest BCUT2D eigenvalue weighted by Crippen LogP contribution is -2.42. The first-order valence-corrected chi connectivity index (χ1v) is 16.0. The van der Waals surface area contributed by atoms with Gasteiger partial charge in [-0.05, 0) is 90.8 Å². The molecule has 11 heteroatoms. The van der Waals surface area contributed by atoms with Crippen LogP contribution in [0.5, 0.6) is 11.5 Å². The lowest BCUT2D eigenvalue weighted by Gasteiger charge is -2.15. The van der Waals surface area contributed by atoms with E-state index >= 15 is 0 Å². The molecular weight excluding hydrogens is 634 g/mol. The number of rotatable bonds is 17. The van der Waals surface area contributed by atoms with Gasteiger partial charge in [-0.25, -0.2) is 18.4 Å². The molecule has 0 saturated heterocycles. The smallest absolute Gasteiger partial charge is 0.343 e. The van der Waals surface area contributed by atoms with E-state index in [1.165, 1.54) is 43.5 Å². The van der Waals surface area contributed by atoms with Crippen LogP contribution in [0, 0.1) is 11.6 Å². The zero-order valence-corrected chi connectivity index (χ0v) is 27.0. The van der Waals surface area contributed by atoms with E-state index in [0.717, 1.165) is 31.0 Å². The van der Waals surface area contributed by atoms with Crippen LogP contribution in [0.25, 0.3) is 0 Å². The Bertz CT molecular complexity index is 1730. The van der Waals surface area contributed by atoms with E-state index in [9.17, 15) is 33.1 Å². The maximum atomic E-state index is 13.8. The summed E-state index contributed by atoms with van der Waals surface area (Å²) in [6, 6.07) is 20.2. The molecule has 0 bridgehead atoms. The summed E-state index contributed by atoms with van der Waals surface area (Å²) in [6.07, 6.45) is 5.26. The number of hydrogen-bond donors (Lipinski definition) is 3. The number of carboxylic acid groups (broad SMARTS) is 1. The minimum absolute atomic E-state index is 0.0415. The molecule has 2 amide bonds. The molecular formula is C38H38F2N2O7. The molecule has 0 spiro atoms. The monoisotopic (exact) mass is 672 g/mol. The first kappa shape index (κ1) is 36.3. The Morgan fingerprint density at radius 1 is 0.776 bits per heavy atom. The molecule has 0 aromatic heterocycles. The van der Waals surface area contributed by atoms with Crippen molar-refractivity contribution in [2.45, 2.75) is 57.9 Å². The van der Waals surface area contributed by atoms with E-state index in [-0.39, 0.29) is 23.3 Å². The Morgan fingerprint density at radius 3 is 2.10 bits per heavy atom. The summed E-state index contributed by atoms with van der Waals surface area (Å²) in [5, 5.41) is 14.8. The molecule has 0 radical (unpaired) electrons. The van der Waals surface area contributed by atoms with Crippen LogP contribution in [0.3, 0.4) is 0 Å². The highest BCUT2D eigenvalue weighted by atomic mass is 19.1. The Hall–Kier alpha value is -5.58. The number of benzene rings is 4. The minimum Gasteiger partial charge on any atom is -0.494 e. The van der Waals surface area contributed by atoms with Crippen molar-refractivity contribution in [3.63, 3.8) is 0 Å². The number of nitrogens with one attached hydrogen (secondary N) is 2. The lowest BCUT2D eigenvalue weighted by molar-refractivity contribution is -0.139. The summed E-state index contributed by atoms with van der Waals surface area (Å²) >= 11 is 0. The van der Waals surface area contributed by atoms with Crippen LogP contribution in [0.4, 0.5) is 14.5 Å². The second-order valence-electron chi connectivity index (χ2n) is 11.4. The third-order valence-electron chi connectivity index (χ3n) is 7.57. The van der Waals surface area contributed by atoms with Crippen molar-refractivity contribution in [3.8, 4) is 11.5 Å². The molecule has 1 unspecified atom stereocenters. The molecule has 0 saturated carbocycles. The molecule has 4 aromatic carbocycles. The van der Waals surface area contributed by atoms with E-state index in [1.807, 2.05) is 0 Å². The number of hydrogen-bond acceptors (Lipinski definition) is 6. The maximum absolute atomic E-state index is 13.8. The summed E-state index contributed by atoms with van der Waals surface area (Å²) < 4.78 is 38.4. The molecule has 0 fully saturated rings. The van der Waals surface area contributed by atoms with Gasteiger partial charge in [0.1, 0.15) is 29.2 Å². The first-order chi connectivity index (χ1) is 23.6. The molecule has 0 aliphatic rings. The van der Waals surface area contributed by atoms with E-state index < -0.39 is 47.9 Å². The number of carbonyl (C=O) groups excluding carboxylic acids is 3. The summed E-state index contributed by atoms with van der Waals surface area (Å²) in [5.74, 6) is -3.47. The van der Waals surface area contributed by atoms with Gasteiger partial charge in [0.15, 0.2) is 0 Å². The van der Waals surface area contributed by atoms with E-state index in [2.05, 4.69) is 17.6 Å². The summed E-state index contributed by atoms with van der Waals surface area (Å²) in [5.41, 5.74) is 1.28. The molecule has 0 heterocycles. The Morgan fingerprint density at radius 2 is 1.43 bits per heavy atom. The van der Waals surface area contributed by atoms with Crippen LogP contribution in [-0.4, -0.2) is 41.5 Å². The van der Waals surface area contributed by atoms with Gasteiger partial charge in [-0.2, -0.15) is 0 Å². The van der Waals surface area contributed by atoms with Gasteiger partial charge in [0.25, 0.3) is 5.91 Å². The van der Waals surface area contributed by atoms with Crippen molar-refractivity contribution >= 4 is 29.4 Å². The number of aliphatic carboxylic acids is 1. The Balaban J connectivity index is 1.25. The predicted molar refractivity (Wildman–Crippen MR) is 180 cm³/mol. The van der Waals surface area contributed by atoms with Crippen LogP contribution < -0.4 is 20.1 Å². The number of ether oxygens (including phenoxy) is 2. The van der Waals surface area contributed by atoms with Gasteiger partial charge in [0.05, 0.1) is 18.6 Å². The summed E-state index contributed by atoms with van der Waals surface area (Å²) in [6.45, 7) is 2.79. The van der Waals surface area contributed by atoms with E-state index in [0.29, 0.717) is 29.2 Å². The molecule has 9 nitrogen and oxygen atoms in total. The fourth-order valence-electron chi connectivity index (χ4n) is 4.88.